The van der Waals surface area contributed by atoms with Gasteiger partial charge in [-0.25, -0.2) is 0 Å². The normalized spacial score (nSPS) is 19.3. The molecule has 15 heavy (non-hydrogen) atoms. The molecule has 1 saturated carbocycles. The van der Waals surface area contributed by atoms with Gasteiger partial charge in [0.1, 0.15) is 0 Å². The fourth-order valence-electron chi connectivity index (χ4n) is 1.90. The van der Waals surface area contributed by atoms with Gasteiger partial charge in [-0.1, -0.05) is 20.8 Å². The summed E-state index contributed by atoms with van der Waals surface area (Å²) >= 11 is 0. The smallest absolute Gasteiger partial charge is 0.0826 e. The second kappa shape index (κ2) is 3.08. The van der Waals surface area contributed by atoms with Crippen molar-refractivity contribution in [1.29, 1.82) is 0 Å². The molecule has 1 aromatic heterocycles. The molecule has 1 fully saturated rings. The molecule has 2 N–H and O–H groups in total. The van der Waals surface area contributed by atoms with Crippen LogP contribution in [0.25, 0.3) is 0 Å². The van der Waals surface area contributed by atoms with E-state index in [0.29, 0.717) is 0 Å². The average molecular weight is 207 g/mol. The summed E-state index contributed by atoms with van der Waals surface area (Å²) in [5, 5.41) is 4.62. The van der Waals surface area contributed by atoms with Gasteiger partial charge in [-0.3, -0.25) is 4.68 Å². The van der Waals surface area contributed by atoms with Gasteiger partial charge in [0.25, 0.3) is 0 Å². The number of nitrogens with zero attached hydrogens (tertiary/aromatic N) is 2. The molecule has 0 saturated heterocycles. The van der Waals surface area contributed by atoms with Crippen LogP contribution in [-0.4, -0.2) is 9.78 Å². The summed E-state index contributed by atoms with van der Waals surface area (Å²) in [5.41, 5.74) is 8.57. The van der Waals surface area contributed by atoms with Crippen LogP contribution in [0.4, 0.5) is 0 Å². The van der Waals surface area contributed by atoms with Crippen LogP contribution in [-0.2, 0) is 17.5 Å². The molecule has 84 valence electrons. The Hall–Kier alpha value is -0.830. The lowest BCUT2D eigenvalue weighted by Crippen LogP contribution is -2.19. The van der Waals surface area contributed by atoms with Crippen molar-refractivity contribution in [3.63, 3.8) is 0 Å². The molecule has 3 nitrogen and oxygen atoms in total. The van der Waals surface area contributed by atoms with E-state index in [1.807, 2.05) is 0 Å². The van der Waals surface area contributed by atoms with Gasteiger partial charge in [0.05, 0.1) is 11.2 Å². The molecule has 0 spiro atoms. The monoisotopic (exact) mass is 207 g/mol. The maximum atomic E-state index is 6.17. The highest BCUT2D eigenvalue weighted by Crippen LogP contribution is 2.42. The molecule has 1 aliphatic rings. The van der Waals surface area contributed by atoms with E-state index >= 15 is 0 Å². The Kier molecular flexibility index (Phi) is 2.19. The van der Waals surface area contributed by atoms with Crippen molar-refractivity contribution in [1.82, 2.24) is 9.78 Å². The first-order valence-corrected chi connectivity index (χ1v) is 5.74. The van der Waals surface area contributed by atoms with Crippen LogP contribution < -0.4 is 5.73 Å². The third kappa shape index (κ3) is 1.81. The van der Waals surface area contributed by atoms with Crippen LogP contribution >= 0.6 is 0 Å². The molecule has 1 heterocycles. The Bertz CT molecular complexity index is 367. The van der Waals surface area contributed by atoms with E-state index in [0.717, 1.165) is 25.1 Å². The Labute approximate surface area is 91.7 Å². The summed E-state index contributed by atoms with van der Waals surface area (Å²) in [4.78, 5) is 0. The van der Waals surface area contributed by atoms with Crippen LogP contribution in [0.2, 0.25) is 0 Å². The molecule has 0 radical (unpaired) electrons. The number of aromatic nitrogens is 2. The molecule has 0 amide bonds. The Morgan fingerprint density at radius 3 is 2.40 bits per heavy atom. The molecule has 0 atom stereocenters. The summed E-state index contributed by atoms with van der Waals surface area (Å²) in [6.45, 7) is 9.70. The third-order valence-electron chi connectivity index (χ3n) is 3.15. The minimum Gasteiger partial charge on any atom is -0.320 e. The lowest BCUT2D eigenvalue weighted by atomic mass is 9.91. The van der Waals surface area contributed by atoms with Crippen molar-refractivity contribution in [3.8, 4) is 0 Å². The van der Waals surface area contributed by atoms with Crippen molar-refractivity contribution in [2.24, 2.45) is 5.73 Å². The first-order chi connectivity index (χ1) is 6.87. The Balaban J connectivity index is 2.42. The van der Waals surface area contributed by atoms with Crippen LogP contribution in [0, 0.1) is 0 Å². The van der Waals surface area contributed by atoms with E-state index in [4.69, 9.17) is 5.73 Å². The predicted octanol–water partition coefficient (Wildman–Crippen LogP) is 2.15. The number of nitrogens with two attached hydrogens (primary N) is 1. The number of hydrogen-bond donors (Lipinski definition) is 1. The van der Waals surface area contributed by atoms with Crippen LogP contribution in [0.5, 0.6) is 0 Å². The van der Waals surface area contributed by atoms with E-state index < -0.39 is 0 Å². The lowest BCUT2D eigenvalue weighted by molar-refractivity contribution is 0.494. The first-order valence-electron chi connectivity index (χ1n) is 5.74. The predicted molar refractivity (Wildman–Crippen MR) is 61.7 cm³/mol. The summed E-state index contributed by atoms with van der Waals surface area (Å²) in [7, 11) is 0. The molecular weight excluding hydrogens is 186 g/mol. The Morgan fingerprint density at radius 2 is 2.07 bits per heavy atom. The molecular formula is C12H21N3. The van der Waals surface area contributed by atoms with Gasteiger partial charge in [0.2, 0.25) is 0 Å². The fourth-order valence-corrected chi connectivity index (χ4v) is 1.90. The summed E-state index contributed by atoms with van der Waals surface area (Å²) in [6, 6.07) is 2.19. The third-order valence-corrected chi connectivity index (χ3v) is 3.15. The number of aryl methyl sites for hydroxylation is 1. The zero-order valence-corrected chi connectivity index (χ0v) is 10.2. The van der Waals surface area contributed by atoms with E-state index in [9.17, 15) is 0 Å². The molecule has 0 aliphatic heterocycles. The zero-order chi connectivity index (χ0) is 11.3. The van der Waals surface area contributed by atoms with Gasteiger partial charge < -0.3 is 5.73 Å². The van der Waals surface area contributed by atoms with Gasteiger partial charge in [0, 0.05) is 17.7 Å². The second-order valence-electron chi connectivity index (χ2n) is 5.64. The van der Waals surface area contributed by atoms with Crippen molar-refractivity contribution < 1.29 is 0 Å². The minimum atomic E-state index is -0.111. The van der Waals surface area contributed by atoms with Crippen LogP contribution in [0.1, 0.15) is 51.9 Å². The topological polar surface area (TPSA) is 43.8 Å². The summed E-state index contributed by atoms with van der Waals surface area (Å²) < 4.78 is 2.09. The minimum absolute atomic E-state index is 0.111. The fraction of sp³-hybridized carbons (Fsp3) is 0.750. The standard InChI is InChI=1S/C12H21N3/c1-5-15-10(11(2,3)4)8-9(14-15)12(13)6-7-12/h8H,5-7,13H2,1-4H3. The molecule has 0 bridgehead atoms. The van der Waals surface area contributed by atoms with Crippen molar-refractivity contribution in [2.75, 3.05) is 0 Å². The first kappa shape index (κ1) is 10.7. The quantitative estimate of drug-likeness (QED) is 0.807. The molecule has 3 heteroatoms. The van der Waals surface area contributed by atoms with Gasteiger partial charge in [-0.15, -0.1) is 0 Å². The summed E-state index contributed by atoms with van der Waals surface area (Å²) in [6.07, 6.45) is 2.16. The van der Waals surface area contributed by atoms with E-state index in [-0.39, 0.29) is 11.0 Å². The van der Waals surface area contributed by atoms with Crippen molar-refractivity contribution >= 4 is 0 Å². The van der Waals surface area contributed by atoms with Gasteiger partial charge in [0.15, 0.2) is 0 Å². The molecule has 0 unspecified atom stereocenters. The largest absolute Gasteiger partial charge is 0.320 e. The van der Waals surface area contributed by atoms with E-state index in [1.165, 1.54) is 5.69 Å². The molecule has 1 aromatic rings. The number of rotatable bonds is 2. The van der Waals surface area contributed by atoms with E-state index in [1.54, 1.807) is 0 Å². The van der Waals surface area contributed by atoms with Crippen LogP contribution in [0.15, 0.2) is 6.07 Å². The highest BCUT2D eigenvalue weighted by atomic mass is 15.3. The van der Waals surface area contributed by atoms with E-state index in [2.05, 4.69) is 43.5 Å². The maximum Gasteiger partial charge on any atom is 0.0826 e. The molecule has 0 aromatic carbocycles. The average Bonchev–Trinajstić information content (AvgIpc) is 2.73. The highest BCUT2D eigenvalue weighted by molar-refractivity contribution is 5.27. The highest BCUT2D eigenvalue weighted by Gasteiger charge is 2.43. The maximum absolute atomic E-state index is 6.17. The SMILES string of the molecule is CCn1nc(C2(N)CC2)cc1C(C)(C)C. The molecule has 2 rings (SSSR count). The summed E-state index contributed by atoms with van der Waals surface area (Å²) in [5.74, 6) is 0. The molecule has 1 aliphatic carbocycles. The van der Waals surface area contributed by atoms with Gasteiger partial charge in [-0.2, -0.15) is 5.10 Å². The Morgan fingerprint density at radius 1 is 1.47 bits per heavy atom. The second-order valence-corrected chi connectivity index (χ2v) is 5.64. The van der Waals surface area contributed by atoms with Crippen molar-refractivity contribution in [2.45, 2.75) is 58.0 Å². The van der Waals surface area contributed by atoms with Crippen molar-refractivity contribution in [3.05, 3.63) is 17.5 Å². The van der Waals surface area contributed by atoms with Gasteiger partial charge in [-0.05, 0) is 25.8 Å². The zero-order valence-electron chi connectivity index (χ0n) is 10.2. The van der Waals surface area contributed by atoms with Gasteiger partial charge >= 0.3 is 0 Å². The lowest BCUT2D eigenvalue weighted by Gasteiger charge is -2.19. The van der Waals surface area contributed by atoms with Crippen LogP contribution in [0.3, 0.4) is 0 Å². The number of hydrogen-bond acceptors (Lipinski definition) is 2.